The molecule has 0 saturated heterocycles. The fraction of sp³-hybridized carbons (Fsp3) is 0.278. The second-order valence-electron chi connectivity index (χ2n) is 6.16. The van der Waals surface area contributed by atoms with Crippen molar-refractivity contribution in [3.05, 3.63) is 35.2 Å². The van der Waals surface area contributed by atoms with Gasteiger partial charge in [-0.3, -0.25) is 4.68 Å². The van der Waals surface area contributed by atoms with Crippen LogP contribution in [0.2, 0.25) is 0 Å². The number of rotatable bonds is 6. The van der Waals surface area contributed by atoms with Crippen molar-refractivity contribution in [3.63, 3.8) is 0 Å². The second-order valence-corrected chi connectivity index (χ2v) is 6.78. The Bertz CT molecular complexity index is 945. The van der Waals surface area contributed by atoms with E-state index in [9.17, 15) is 5.26 Å². The van der Waals surface area contributed by atoms with Crippen molar-refractivity contribution in [2.45, 2.75) is 6.92 Å². The Balaban J connectivity index is 2.58. The van der Waals surface area contributed by atoms with Gasteiger partial charge in [0.05, 0.1) is 11.1 Å². The number of fused-ring (bicyclic) bond motifs is 1. The van der Waals surface area contributed by atoms with Crippen molar-refractivity contribution in [2.24, 2.45) is 17.8 Å². The van der Waals surface area contributed by atoms with Gasteiger partial charge in [-0.05, 0) is 37.2 Å². The van der Waals surface area contributed by atoms with Gasteiger partial charge in [-0.1, -0.05) is 5.57 Å². The third-order valence-electron chi connectivity index (χ3n) is 3.88. The summed E-state index contributed by atoms with van der Waals surface area (Å²) in [6.07, 6.45) is 1.71. The van der Waals surface area contributed by atoms with Crippen LogP contribution in [0.5, 0.6) is 0 Å². The predicted octanol–water partition coefficient (Wildman–Crippen LogP) is 1.89. The van der Waals surface area contributed by atoms with Gasteiger partial charge in [0.15, 0.2) is 5.82 Å². The molecule has 136 valence electrons. The van der Waals surface area contributed by atoms with Gasteiger partial charge in [0.1, 0.15) is 11.9 Å². The number of allylic oxidation sites excluding steroid dienone is 2. The topological polar surface area (TPSA) is 95.3 Å². The van der Waals surface area contributed by atoms with Gasteiger partial charge in [-0.25, -0.2) is 4.99 Å². The van der Waals surface area contributed by atoms with Gasteiger partial charge < -0.3 is 16.0 Å². The Kier molecular flexibility index (Phi) is 6.14. The van der Waals surface area contributed by atoms with Crippen molar-refractivity contribution < 1.29 is 0 Å². The molecule has 2 aromatic rings. The van der Waals surface area contributed by atoms with Crippen LogP contribution in [0.1, 0.15) is 6.92 Å². The van der Waals surface area contributed by atoms with Crippen LogP contribution in [-0.2, 0) is 7.05 Å². The third kappa shape index (κ3) is 3.93. The van der Waals surface area contributed by atoms with E-state index in [-0.39, 0.29) is 0 Å². The van der Waals surface area contributed by atoms with Gasteiger partial charge in [-0.2, -0.15) is 10.4 Å². The average molecular weight is 369 g/mol. The lowest BCUT2D eigenvalue weighted by molar-refractivity contribution is 0.791. The van der Waals surface area contributed by atoms with E-state index in [2.05, 4.69) is 37.4 Å². The van der Waals surface area contributed by atoms with E-state index in [4.69, 9.17) is 5.73 Å². The number of anilines is 2. The van der Waals surface area contributed by atoms with Crippen LogP contribution in [0.25, 0.3) is 10.9 Å². The number of nitrogens with zero attached hydrogens (tertiary/aromatic N) is 5. The molecule has 1 heterocycles. The zero-order valence-corrected chi connectivity index (χ0v) is 16.7. The van der Waals surface area contributed by atoms with Crippen molar-refractivity contribution in [2.75, 3.05) is 30.9 Å². The summed E-state index contributed by atoms with van der Waals surface area (Å²) in [7, 11) is 8.55. The number of aromatic nitrogens is 2. The molecule has 7 nitrogen and oxygen atoms in total. The Hall–Kier alpha value is -2.68. The van der Waals surface area contributed by atoms with E-state index in [0.29, 0.717) is 17.9 Å². The number of aliphatic imine (C=N–C) groups is 1. The summed E-state index contributed by atoms with van der Waals surface area (Å²) in [5, 5.41) is 19.2. The first-order chi connectivity index (χ1) is 12.3. The Labute approximate surface area is 156 Å². The Morgan fingerprint density at radius 3 is 2.77 bits per heavy atom. The van der Waals surface area contributed by atoms with Crippen LogP contribution in [-0.4, -0.2) is 37.1 Å². The van der Waals surface area contributed by atoms with Gasteiger partial charge in [0.2, 0.25) is 0 Å². The molecule has 8 heteroatoms. The molecule has 0 spiro atoms. The summed E-state index contributed by atoms with van der Waals surface area (Å²) in [5.41, 5.74) is 8.71. The van der Waals surface area contributed by atoms with Crippen molar-refractivity contribution >= 4 is 43.7 Å². The van der Waals surface area contributed by atoms with E-state index in [1.165, 1.54) is 0 Å². The highest BCUT2D eigenvalue weighted by molar-refractivity contribution is 7.28. The quantitative estimate of drug-likeness (QED) is 0.351. The fourth-order valence-electron chi connectivity index (χ4n) is 2.62. The van der Waals surface area contributed by atoms with Crippen molar-refractivity contribution in [3.8, 4) is 6.07 Å². The van der Waals surface area contributed by atoms with Crippen LogP contribution < -0.4 is 21.3 Å². The minimum Gasteiger partial charge on any atom is -0.361 e. The number of benzene rings is 1. The van der Waals surface area contributed by atoms with E-state index in [1.54, 1.807) is 6.08 Å². The molecule has 0 radical (unpaired) electrons. The molecule has 1 aromatic carbocycles. The monoisotopic (exact) mass is 369 g/mol. The molecule has 26 heavy (non-hydrogen) atoms. The highest BCUT2D eigenvalue weighted by Crippen LogP contribution is 2.28. The first kappa shape index (κ1) is 19.6. The summed E-state index contributed by atoms with van der Waals surface area (Å²) < 4.78 is 1.85. The predicted molar refractivity (Wildman–Crippen MR) is 113 cm³/mol. The van der Waals surface area contributed by atoms with Crippen LogP contribution in [0, 0.1) is 11.3 Å². The van der Waals surface area contributed by atoms with Crippen LogP contribution >= 0.6 is 9.24 Å². The maximum absolute atomic E-state index is 9.45. The van der Waals surface area contributed by atoms with Crippen LogP contribution in [0.15, 0.2) is 40.2 Å². The van der Waals surface area contributed by atoms with E-state index in [1.807, 2.05) is 49.8 Å². The highest BCUT2D eigenvalue weighted by Gasteiger charge is 2.14. The summed E-state index contributed by atoms with van der Waals surface area (Å²) in [5.74, 6) is 1.26. The number of aryl methyl sites for hydroxylation is 1. The van der Waals surface area contributed by atoms with Gasteiger partial charge in [0.25, 0.3) is 0 Å². The van der Waals surface area contributed by atoms with Gasteiger partial charge in [0, 0.05) is 38.8 Å². The fourth-order valence-corrected chi connectivity index (χ4v) is 3.15. The van der Waals surface area contributed by atoms with Crippen LogP contribution in [0.3, 0.4) is 0 Å². The van der Waals surface area contributed by atoms with Crippen molar-refractivity contribution in [1.29, 1.82) is 5.26 Å². The van der Waals surface area contributed by atoms with E-state index < -0.39 is 0 Å². The normalized spacial score (nSPS) is 12.6. The van der Waals surface area contributed by atoms with E-state index in [0.717, 1.165) is 33.3 Å². The maximum atomic E-state index is 9.45. The lowest BCUT2D eigenvalue weighted by Crippen LogP contribution is -2.10. The minimum absolute atomic E-state index is 0.374. The molecule has 0 saturated carbocycles. The summed E-state index contributed by atoms with van der Waals surface area (Å²) in [6.45, 7) is 5.82. The zero-order valence-electron chi connectivity index (χ0n) is 15.5. The molecule has 0 aliphatic heterocycles. The zero-order chi connectivity index (χ0) is 19.4. The molecular formula is C18H24N7P. The lowest BCUT2D eigenvalue weighted by atomic mass is 10.1. The van der Waals surface area contributed by atoms with E-state index >= 15 is 0 Å². The first-order valence-electron chi connectivity index (χ1n) is 8.01. The molecule has 0 aliphatic carbocycles. The Morgan fingerprint density at radius 1 is 1.54 bits per heavy atom. The minimum atomic E-state index is 0.374. The van der Waals surface area contributed by atoms with Crippen molar-refractivity contribution in [1.82, 2.24) is 9.78 Å². The number of nitrogens with two attached hydrogens (primary N) is 1. The summed E-state index contributed by atoms with van der Waals surface area (Å²) >= 11 is 0. The first-order valence-corrected chi connectivity index (χ1v) is 8.59. The second kappa shape index (κ2) is 8.13. The summed E-state index contributed by atoms with van der Waals surface area (Å²) in [4.78, 5) is 5.95. The molecule has 1 atom stereocenters. The number of hydrogen-bond donors (Lipinski definition) is 2. The Morgan fingerprint density at radius 2 is 2.23 bits per heavy atom. The number of nitriles is 1. The third-order valence-corrected chi connectivity index (χ3v) is 4.32. The van der Waals surface area contributed by atoms with Gasteiger partial charge in [-0.15, -0.1) is 9.24 Å². The maximum Gasteiger partial charge on any atom is 0.158 e. The molecule has 0 bridgehead atoms. The highest BCUT2D eigenvalue weighted by atomic mass is 31.0. The smallest absolute Gasteiger partial charge is 0.158 e. The SMILES string of the molecule is C=N/C(Nc1cc(P)c2c(c1)c(N(C)C)nn2C)=C(C#N)\C=C(\C)CN. The molecule has 1 aromatic heterocycles. The molecule has 1 unspecified atom stereocenters. The van der Waals surface area contributed by atoms with Crippen LogP contribution in [0.4, 0.5) is 11.5 Å². The molecule has 3 N–H and O–H groups in total. The molecule has 0 fully saturated rings. The lowest BCUT2D eigenvalue weighted by Gasteiger charge is -2.12. The average Bonchev–Trinajstić information content (AvgIpc) is 2.94. The largest absolute Gasteiger partial charge is 0.361 e. The molecular weight excluding hydrogens is 345 g/mol. The molecule has 0 aliphatic rings. The standard InChI is InChI=1S/C18H24N7P/c1-11(9-19)6-12(10-20)17(21-2)22-13-7-14-16(15(26)8-13)25(5)23-18(14)24(3)4/h6-8,22H,2,9,19,26H2,1,3-5H3/b11-6-,17-12-. The van der Waals surface area contributed by atoms with Gasteiger partial charge >= 0.3 is 0 Å². The number of nitrogens with one attached hydrogen (secondary N) is 1. The molecule has 2 rings (SSSR count). The number of hydrogen-bond acceptors (Lipinski definition) is 6. The summed E-state index contributed by atoms with van der Waals surface area (Å²) in [6, 6.07) is 6.10. The molecule has 0 amide bonds.